The van der Waals surface area contributed by atoms with Crippen molar-refractivity contribution in [2.24, 2.45) is 0 Å². The zero-order valence-corrected chi connectivity index (χ0v) is 19.5. The highest BCUT2D eigenvalue weighted by atomic mass is 32.2. The monoisotopic (exact) mass is 462 g/mol. The van der Waals surface area contributed by atoms with Crippen LogP contribution in [0.25, 0.3) is 0 Å². The van der Waals surface area contributed by atoms with E-state index in [1.807, 2.05) is 31.2 Å². The predicted octanol–water partition coefficient (Wildman–Crippen LogP) is 2.53. The fraction of sp³-hybridized carbons (Fsp3) is 0.435. The van der Waals surface area contributed by atoms with Crippen LogP contribution in [0.5, 0.6) is 11.5 Å². The molecule has 8 nitrogen and oxygen atoms in total. The van der Waals surface area contributed by atoms with Crippen LogP contribution < -0.4 is 14.8 Å². The topological polar surface area (TPSA) is 94.2 Å². The quantitative estimate of drug-likeness (QED) is 0.616. The van der Waals surface area contributed by atoms with Gasteiger partial charge in [-0.15, -0.1) is 0 Å². The van der Waals surface area contributed by atoms with Gasteiger partial charge in [-0.05, 0) is 43.2 Å². The number of carbonyl (C=O) groups excluding carboxylic acids is 1. The summed E-state index contributed by atoms with van der Waals surface area (Å²) in [5, 5.41) is 2.98. The number of ether oxygens (including phenoxy) is 3. The SMILES string of the molecule is COc1ccc(S(=O)(=O)N2CCOCC2)cc1CCC(=O)N[C@H](C)c1ccccc1OC. The van der Waals surface area contributed by atoms with Gasteiger partial charge < -0.3 is 19.5 Å². The summed E-state index contributed by atoms with van der Waals surface area (Å²) in [6.07, 6.45) is 0.539. The molecule has 0 aromatic heterocycles. The number of sulfonamides is 1. The first-order chi connectivity index (χ1) is 15.4. The van der Waals surface area contributed by atoms with E-state index in [0.29, 0.717) is 49.8 Å². The van der Waals surface area contributed by atoms with E-state index in [4.69, 9.17) is 14.2 Å². The van der Waals surface area contributed by atoms with Gasteiger partial charge in [0, 0.05) is 25.1 Å². The molecule has 2 aromatic rings. The lowest BCUT2D eigenvalue weighted by molar-refractivity contribution is -0.121. The van der Waals surface area contributed by atoms with Crippen molar-refractivity contribution in [3.63, 3.8) is 0 Å². The van der Waals surface area contributed by atoms with Crippen molar-refractivity contribution in [2.75, 3.05) is 40.5 Å². The van der Waals surface area contributed by atoms with Gasteiger partial charge in [-0.2, -0.15) is 4.31 Å². The minimum Gasteiger partial charge on any atom is -0.496 e. The minimum atomic E-state index is -3.63. The number of nitrogens with zero attached hydrogens (tertiary/aromatic N) is 1. The normalized spacial score (nSPS) is 15.7. The molecular formula is C23H30N2O6S. The molecule has 0 saturated carbocycles. The van der Waals surface area contributed by atoms with E-state index in [0.717, 1.165) is 5.56 Å². The van der Waals surface area contributed by atoms with Crippen molar-refractivity contribution in [3.8, 4) is 11.5 Å². The van der Waals surface area contributed by atoms with Crippen LogP contribution in [0.3, 0.4) is 0 Å². The molecule has 2 aromatic carbocycles. The second kappa shape index (κ2) is 10.8. The number of amides is 1. The maximum Gasteiger partial charge on any atom is 0.243 e. The minimum absolute atomic E-state index is 0.146. The summed E-state index contributed by atoms with van der Waals surface area (Å²) >= 11 is 0. The molecule has 0 unspecified atom stereocenters. The molecule has 1 N–H and O–H groups in total. The van der Waals surface area contributed by atoms with Gasteiger partial charge in [0.05, 0.1) is 38.4 Å². The molecular weight excluding hydrogens is 432 g/mol. The van der Waals surface area contributed by atoms with Crippen molar-refractivity contribution < 1.29 is 27.4 Å². The molecule has 1 aliphatic heterocycles. The first kappa shape index (κ1) is 24.0. The highest BCUT2D eigenvalue weighted by Crippen LogP contribution is 2.27. The van der Waals surface area contributed by atoms with Crippen LogP contribution in [-0.2, 0) is 26.0 Å². The number of nitrogens with one attached hydrogen (secondary N) is 1. The van der Waals surface area contributed by atoms with E-state index < -0.39 is 10.0 Å². The predicted molar refractivity (Wildman–Crippen MR) is 120 cm³/mol. The van der Waals surface area contributed by atoms with Gasteiger partial charge in [0.25, 0.3) is 0 Å². The average molecular weight is 463 g/mol. The lowest BCUT2D eigenvalue weighted by Crippen LogP contribution is -2.40. The Balaban J connectivity index is 1.69. The summed E-state index contributed by atoms with van der Waals surface area (Å²) in [6.45, 7) is 3.31. The number of morpholine rings is 1. The third-order valence-corrected chi connectivity index (χ3v) is 7.36. The third kappa shape index (κ3) is 5.59. The Kier molecular flexibility index (Phi) is 8.11. The maximum absolute atomic E-state index is 13.0. The van der Waals surface area contributed by atoms with Crippen molar-refractivity contribution in [1.29, 1.82) is 0 Å². The summed E-state index contributed by atoms with van der Waals surface area (Å²) < 4.78 is 43.4. The molecule has 0 aliphatic carbocycles. The van der Waals surface area contributed by atoms with Gasteiger partial charge in [-0.1, -0.05) is 18.2 Å². The summed E-state index contributed by atoms with van der Waals surface area (Å²) in [5.41, 5.74) is 1.56. The van der Waals surface area contributed by atoms with Gasteiger partial charge in [0.15, 0.2) is 0 Å². The summed E-state index contributed by atoms with van der Waals surface area (Å²) in [6, 6.07) is 12.1. The fourth-order valence-corrected chi connectivity index (χ4v) is 5.17. The van der Waals surface area contributed by atoms with Gasteiger partial charge in [0.1, 0.15) is 11.5 Å². The lowest BCUT2D eigenvalue weighted by Gasteiger charge is -2.26. The Morgan fingerprint density at radius 2 is 1.78 bits per heavy atom. The molecule has 1 saturated heterocycles. The molecule has 0 bridgehead atoms. The van der Waals surface area contributed by atoms with E-state index in [9.17, 15) is 13.2 Å². The van der Waals surface area contributed by atoms with Crippen molar-refractivity contribution in [1.82, 2.24) is 9.62 Å². The van der Waals surface area contributed by atoms with Crippen LogP contribution in [0.4, 0.5) is 0 Å². The molecule has 9 heteroatoms. The molecule has 1 amide bonds. The molecule has 3 rings (SSSR count). The van der Waals surface area contributed by atoms with Crippen molar-refractivity contribution >= 4 is 15.9 Å². The van der Waals surface area contributed by atoms with E-state index in [2.05, 4.69) is 5.32 Å². The van der Waals surface area contributed by atoms with Gasteiger partial charge in [-0.3, -0.25) is 4.79 Å². The lowest BCUT2D eigenvalue weighted by atomic mass is 10.1. The number of rotatable bonds is 9. The van der Waals surface area contributed by atoms with Crippen LogP contribution in [0.2, 0.25) is 0 Å². The Morgan fingerprint density at radius 3 is 2.47 bits per heavy atom. The third-order valence-electron chi connectivity index (χ3n) is 5.46. The Bertz CT molecular complexity index is 1030. The largest absolute Gasteiger partial charge is 0.496 e. The first-order valence-corrected chi connectivity index (χ1v) is 12.0. The number of hydrogen-bond acceptors (Lipinski definition) is 6. The summed E-state index contributed by atoms with van der Waals surface area (Å²) in [7, 11) is -0.506. The molecule has 0 spiro atoms. The number of para-hydroxylation sites is 1. The smallest absolute Gasteiger partial charge is 0.243 e. The number of methoxy groups -OCH3 is 2. The summed E-state index contributed by atoms with van der Waals surface area (Å²) in [5.74, 6) is 1.12. The maximum atomic E-state index is 13.0. The Labute approximate surface area is 189 Å². The molecule has 1 heterocycles. The van der Waals surface area contributed by atoms with Crippen molar-refractivity contribution in [2.45, 2.75) is 30.7 Å². The molecule has 32 heavy (non-hydrogen) atoms. The highest BCUT2D eigenvalue weighted by Gasteiger charge is 2.27. The standard InChI is InChI=1S/C23H30N2O6S/c1-17(20-6-4-5-7-22(20)30-3)24-23(26)11-8-18-16-19(9-10-21(18)29-2)32(27,28)25-12-14-31-15-13-25/h4-7,9-10,16-17H,8,11-15H2,1-3H3,(H,24,26)/t17-/m1/s1. The highest BCUT2D eigenvalue weighted by molar-refractivity contribution is 7.89. The molecule has 1 fully saturated rings. The Morgan fingerprint density at radius 1 is 1.09 bits per heavy atom. The van der Waals surface area contributed by atoms with Gasteiger partial charge in [-0.25, -0.2) is 8.42 Å². The van der Waals surface area contributed by atoms with E-state index in [-0.39, 0.29) is 23.3 Å². The molecule has 1 aliphatic rings. The van der Waals surface area contributed by atoms with E-state index in [1.54, 1.807) is 19.2 Å². The van der Waals surface area contributed by atoms with E-state index in [1.165, 1.54) is 17.5 Å². The fourth-order valence-electron chi connectivity index (χ4n) is 3.71. The number of carbonyl (C=O) groups is 1. The van der Waals surface area contributed by atoms with Crippen LogP contribution in [0, 0.1) is 0 Å². The number of aryl methyl sites for hydroxylation is 1. The van der Waals surface area contributed by atoms with Crippen LogP contribution in [0.15, 0.2) is 47.4 Å². The van der Waals surface area contributed by atoms with Crippen molar-refractivity contribution in [3.05, 3.63) is 53.6 Å². The summed E-state index contributed by atoms with van der Waals surface area (Å²) in [4.78, 5) is 12.8. The Hall–Kier alpha value is -2.62. The van der Waals surface area contributed by atoms with Gasteiger partial charge >= 0.3 is 0 Å². The number of hydrogen-bond donors (Lipinski definition) is 1. The van der Waals surface area contributed by atoms with Crippen LogP contribution in [0.1, 0.15) is 30.5 Å². The average Bonchev–Trinajstić information content (AvgIpc) is 2.82. The molecule has 1 atom stereocenters. The zero-order valence-electron chi connectivity index (χ0n) is 18.7. The van der Waals surface area contributed by atoms with E-state index >= 15 is 0 Å². The van der Waals surface area contributed by atoms with Gasteiger partial charge in [0.2, 0.25) is 15.9 Å². The zero-order chi connectivity index (χ0) is 23.1. The first-order valence-electron chi connectivity index (χ1n) is 10.5. The molecule has 0 radical (unpaired) electrons. The second-order valence-corrected chi connectivity index (χ2v) is 9.46. The number of benzene rings is 2. The van der Waals surface area contributed by atoms with Crippen LogP contribution in [-0.4, -0.2) is 59.2 Å². The second-order valence-electron chi connectivity index (χ2n) is 7.52. The molecule has 174 valence electrons. The van der Waals surface area contributed by atoms with Crippen LogP contribution >= 0.6 is 0 Å².